The number of ether oxygens (including phenoxy) is 2. The maximum absolute atomic E-state index is 13.0. The van der Waals surface area contributed by atoms with E-state index in [4.69, 9.17) is 4.74 Å². The van der Waals surface area contributed by atoms with Crippen LogP contribution in [-0.2, 0) is 16.1 Å². The molecule has 32 heavy (non-hydrogen) atoms. The van der Waals surface area contributed by atoms with Crippen molar-refractivity contribution in [2.75, 3.05) is 25.0 Å². The Morgan fingerprint density at radius 1 is 1.09 bits per heavy atom. The van der Waals surface area contributed by atoms with E-state index in [1.54, 1.807) is 4.90 Å². The van der Waals surface area contributed by atoms with Gasteiger partial charge in [-0.3, -0.25) is 4.79 Å². The summed E-state index contributed by atoms with van der Waals surface area (Å²) in [7, 11) is 0. The van der Waals surface area contributed by atoms with Gasteiger partial charge in [-0.2, -0.15) is 0 Å². The van der Waals surface area contributed by atoms with Crippen LogP contribution in [0, 0.1) is 5.82 Å². The highest BCUT2D eigenvalue weighted by molar-refractivity contribution is 5.89. The Morgan fingerprint density at radius 3 is 2.44 bits per heavy atom. The van der Waals surface area contributed by atoms with Gasteiger partial charge in [0.05, 0.1) is 18.7 Å². The fourth-order valence-corrected chi connectivity index (χ4v) is 3.77. The van der Waals surface area contributed by atoms with Gasteiger partial charge >= 0.3 is 12.4 Å². The van der Waals surface area contributed by atoms with Gasteiger partial charge < -0.3 is 24.6 Å². The van der Waals surface area contributed by atoms with Gasteiger partial charge in [0.25, 0.3) is 0 Å². The SMILES string of the molecule is O=C(Nc1ccc(F)cc1)N1C[C@@H]2OCC(=O)N(Cc3ccc(OC(F)(F)F)cc3)[C@@H]2C1. The lowest BCUT2D eigenvalue weighted by Crippen LogP contribution is -2.53. The van der Waals surface area contributed by atoms with Gasteiger partial charge in [-0.25, -0.2) is 9.18 Å². The molecule has 0 saturated carbocycles. The van der Waals surface area contributed by atoms with Gasteiger partial charge in [0.2, 0.25) is 5.91 Å². The summed E-state index contributed by atoms with van der Waals surface area (Å²) >= 11 is 0. The van der Waals surface area contributed by atoms with Crippen molar-refractivity contribution in [1.82, 2.24) is 9.80 Å². The first-order chi connectivity index (χ1) is 15.2. The number of hydrogen-bond donors (Lipinski definition) is 1. The molecule has 3 amide bonds. The molecule has 0 unspecified atom stereocenters. The van der Waals surface area contributed by atoms with Crippen LogP contribution < -0.4 is 10.1 Å². The molecule has 2 aromatic rings. The van der Waals surface area contributed by atoms with Crippen molar-refractivity contribution in [3.8, 4) is 5.75 Å². The third-order valence-corrected chi connectivity index (χ3v) is 5.27. The molecule has 0 bridgehead atoms. The zero-order chi connectivity index (χ0) is 22.9. The van der Waals surface area contributed by atoms with Crippen LogP contribution in [0.3, 0.4) is 0 Å². The molecule has 2 aliphatic heterocycles. The lowest BCUT2D eigenvalue weighted by atomic mass is 10.1. The van der Waals surface area contributed by atoms with Crippen LogP contribution in [0.5, 0.6) is 5.75 Å². The minimum absolute atomic E-state index is 0.149. The van der Waals surface area contributed by atoms with Crippen molar-refractivity contribution >= 4 is 17.6 Å². The zero-order valence-corrected chi connectivity index (χ0v) is 16.6. The third-order valence-electron chi connectivity index (χ3n) is 5.27. The molecule has 0 spiro atoms. The van der Waals surface area contributed by atoms with Crippen molar-refractivity contribution in [2.24, 2.45) is 0 Å². The number of anilines is 1. The van der Waals surface area contributed by atoms with Crippen molar-refractivity contribution in [3.63, 3.8) is 0 Å². The number of benzene rings is 2. The molecule has 0 aromatic heterocycles. The van der Waals surface area contributed by atoms with E-state index in [1.807, 2.05) is 0 Å². The molecule has 2 atom stereocenters. The number of halogens is 4. The molecular formula is C21H19F4N3O4. The Kier molecular flexibility index (Phi) is 5.92. The topological polar surface area (TPSA) is 71.1 Å². The molecule has 2 aliphatic rings. The van der Waals surface area contributed by atoms with E-state index in [1.165, 1.54) is 53.4 Å². The van der Waals surface area contributed by atoms with Crippen LogP contribution in [0.15, 0.2) is 48.5 Å². The number of urea groups is 1. The summed E-state index contributed by atoms with van der Waals surface area (Å²) in [6.45, 7) is 0.492. The standard InChI is InChI=1S/C21H19F4N3O4/c22-14-3-5-15(6-4-14)26-20(30)27-10-17-18(11-27)31-12-19(29)28(17)9-13-1-7-16(8-2-13)32-21(23,24)25/h1-8,17-18H,9-12H2,(H,26,30)/t17-,18+/m1/s1. The lowest BCUT2D eigenvalue weighted by molar-refractivity contribution is -0.274. The number of alkyl halides is 3. The third kappa shape index (κ3) is 5.10. The second-order valence-electron chi connectivity index (χ2n) is 7.47. The van der Waals surface area contributed by atoms with E-state index in [9.17, 15) is 27.2 Å². The lowest BCUT2D eigenvalue weighted by Gasteiger charge is -2.36. The highest BCUT2D eigenvalue weighted by Crippen LogP contribution is 2.27. The van der Waals surface area contributed by atoms with E-state index in [0.717, 1.165) is 0 Å². The van der Waals surface area contributed by atoms with Crippen LogP contribution in [0.1, 0.15) is 5.56 Å². The maximum atomic E-state index is 13.0. The molecule has 11 heteroatoms. The summed E-state index contributed by atoms with van der Waals surface area (Å²) in [4.78, 5) is 28.1. The van der Waals surface area contributed by atoms with Crippen molar-refractivity contribution in [3.05, 3.63) is 59.9 Å². The predicted molar refractivity (Wildman–Crippen MR) is 104 cm³/mol. The van der Waals surface area contributed by atoms with E-state index >= 15 is 0 Å². The highest BCUT2D eigenvalue weighted by Gasteiger charge is 2.44. The largest absolute Gasteiger partial charge is 0.573 e. The number of nitrogens with one attached hydrogen (secondary N) is 1. The Bertz CT molecular complexity index is 982. The molecule has 0 aliphatic carbocycles. The summed E-state index contributed by atoms with van der Waals surface area (Å²) in [5.74, 6) is -1.05. The first-order valence-electron chi connectivity index (χ1n) is 9.75. The Balaban J connectivity index is 1.41. The first kappa shape index (κ1) is 21.9. The molecule has 2 saturated heterocycles. The average Bonchev–Trinajstić information content (AvgIpc) is 3.17. The fraction of sp³-hybridized carbons (Fsp3) is 0.333. The van der Waals surface area contributed by atoms with Gasteiger partial charge in [0.1, 0.15) is 18.2 Å². The minimum atomic E-state index is -4.78. The molecule has 170 valence electrons. The molecule has 1 N–H and O–H groups in total. The van der Waals surface area contributed by atoms with Crippen LogP contribution >= 0.6 is 0 Å². The molecule has 4 rings (SSSR count). The quantitative estimate of drug-likeness (QED) is 0.721. The number of amides is 3. The van der Waals surface area contributed by atoms with Gasteiger partial charge in [0, 0.05) is 18.8 Å². The summed E-state index contributed by atoms with van der Waals surface area (Å²) in [5.41, 5.74) is 1.05. The van der Waals surface area contributed by atoms with Crippen molar-refractivity contribution < 1.29 is 36.6 Å². The molecule has 2 aromatic carbocycles. The minimum Gasteiger partial charge on any atom is -0.406 e. The van der Waals surface area contributed by atoms with Gasteiger partial charge in [-0.05, 0) is 42.0 Å². The predicted octanol–water partition coefficient (Wildman–Crippen LogP) is 3.37. The summed E-state index contributed by atoms with van der Waals surface area (Å²) < 4.78 is 59.5. The second-order valence-corrected chi connectivity index (χ2v) is 7.47. The summed E-state index contributed by atoms with van der Waals surface area (Å²) in [6, 6.07) is 9.80. The average molecular weight is 453 g/mol. The molecule has 7 nitrogen and oxygen atoms in total. The van der Waals surface area contributed by atoms with Crippen LogP contribution in [0.4, 0.5) is 28.0 Å². The monoisotopic (exact) mass is 453 g/mol. The van der Waals surface area contributed by atoms with Crippen molar-refractivity contribution in [1.29, 1.82) is 0 Å². The molecule has 2 fully saturated rings. The number of nitrogens with zero attached hydrogens (tertiary/aromatic N) is 2. The van der Waals surface area contributed by atoms with Gasteiger partial charge in [0.15, 0.2) is 0 Å². The van der Waals surface area contributed by atoms with E-state index in [2.05, 4.69) is 10.1 Å². The summed E-state index contributed by atoms with van der Waals surface area (Å²) in [5, 5.41) is 2.68. The number of fused-ring (bicyclic) bond motifs is 1. The zero-order valence-electron chi connectivity index (χ0n) is 16.6. The fourth-order valence-electron chi connectivity index (χ4n) is 3.77. The maximum Gasteiger partial charge on any atom is 0.573 e. The number of morpholine rings is 1. The Hall–Kier alpha value is -3.34. The van der Waals surface area contributed by atoms with Gasteiger partial charge in [-0.1, -0.05) is 12.1 Å². The number of likely N-dealkylation sites (tertiary alicyclic amines) is 1. The van der Waals surface area contributed by atoms with Crippen LogP contribution in [0.25, 0.3) is 0 Å². The Morgan fingerprint density at radius 2 is 1.78 bits per heavy atom. The van der Waals surface area contributed by atoms with E-state index < -0.39 is 24.3 Å². The van der Waals surface area contributed by atoms with Crippen LogP contribution in [0.2, 0.25) is 0 Å². The number of carbonyl (C=O) groups excluding carboxylic acids is 2. The highest BCUT2D eigenvalue weighted by atomic mass is 19.4. The van der Waals surface area contributed by atoms with Crippen LogP contribution in [-0.4, -0.2) is 59.9 Å². The Labute approximate surface area is 180 Å². The van der Waals surface area contributed by atoms with E-state index in [-0.39, 0.29) is 44.0 Å². The number of rotatable bonds is 4. The van der Waals surface area contributed by atoms with Crippen molar-refractivity contribution in [2.45, 2.75) is 25.1 Å². The molecular weight excluding hydrogens is 434 g/mol. The second kappa shape index (κ2) is 8.65. The van der Waals surface area contributed by atoms with E-state index in [0.29, 0.717) is 11.3 Å². The number of hydrogen-bond acceptors (Lipinski definition) is 4. The smallest absolute Gasteiger partial charge is 0.406 e. The van der Waals surface area contributed by atoms with Gasteiger partial charge in [-0.15, -0.1) is 13.2 Å². The number of carbonyl (C=O) groups is 2. The first-order valence-corrected chi connectivity index (χ1v) is 9.75. The molecule has 2 heterocycles. The normalized spacial score (nSPS) is 20.8. The summed E-state index contributed by atoms with van der Waals surface area (Å²) in [6.07, 6.45) is -5.17. The molecule has 0 radical (unpaired) electrons.